The minimum absolute atomic E-state index is 0.0936. The number of benzene rings is 4. The van der Waals surface area contributed by atoms with Gasteiger partial charge in [0.1, 0.15) is 0 Å². The number of allylic oxidation sites excluding steroid dienone is 24. The summed E-state index contributed by atoms with van der Waals surface area (Å²) in [5.41, 5.74) is -12.9. The second-order valence-corrected chi connectivity index (χ2v) is 44.0. The van der Waals surface area contributed by atoms with E-state index in [2.05, 4.69) is 0 Å². The van der Waals surface area contributed by atoms with E-state index in [4.69, 9.17) is 0 Å². The smallest absolute Gasteiger partial charge is 0.250 e. The normalized spacial score (nSPS) is 23.5. The molecule has 4 aliphatic heterocycles. The first-order valence-electron chi connectivity index (χ1n) is 37.9. The molecule has 16 rings (SSSR count). The van der Waals surface area contributed by atoms with Gasteiger partial charge < -0.3 is 0 Å². The van der Waals surface area contributed by atoms with Gasteiger partial charge in [-0.05, 0) is 200 Å². The Morgan fingerprint density at radius 3 is 0.742 bits per heavy atom. The molecule has 8 heterocycles. The fourth-order valence-electron chi connectivity index (χ4n) is 16.3. The van der Waals surface area contributed by atoms with Crippen molar-refractivity contribution in [2.45, 2.75) is 168 Å². The van der Waals surface area contributed by atoms with Gasteiger partial charge in [0.2, 0.25) is 0 Å². The SMILES string of the molecule is CC1=CC(C2=C(C3=C(C)S(=O)(=O)C(C)=C3)C(F)(F)C(F)(F)C2(F)F)=C(C)S1(=O)=O.CC1=CC(C2=C(C3=C(C)S(=O)C(C)=C3)C(F)(F)C(F)(F)C2(F)F)=C(C)S1=O.Cc1sc(-c2ccccc2)c(C)c1C1=C(c2c(C)sc(-c3ccccc3)c2C)C(F)(F)C(F)(F)C1(F)F.Cc1sc(-c2ccccc2)cc1C1=C(c2cc(-c3ccccc3)sc2C)C(F)(F)C(F)(F)C1(F)F. The zero-order chi connectivity index (χ0) is 95.3. The average molecular weight is 1960 g/mol. The van der Waals surface area contributed by atoms with Gasteiger partial charge in [-0.1, -0.05) is 121 Å². The van der Waals surface area contributed by atoms with E-state index in [0.717, 1.165) is 85.2 Å². The number of thiophene rings is 4. The minimum atomic E-state index is -5.91. The molecule has 8 aliphatic rings. The molecule has 0 amide bonds. The molecule has 0 spiro atoms. The van der Waals surface area contributed by atoms with E-state index in [1.54, 1.807) is 121 Å². The molecule has 4 aliphatic carbocycles. The summed E-state index contributed by atoms with van der Waals surface area (Å²) >= 11 is 4.48. The molecule has 680 valence electrons. The zero-order valence-corrected chi connectivity index (χ0v) is 75.3. The predicted molar refractivity (Wildman–Crippen MR) is 454 cm³/mol. The van der Waals surface area contributed by atoms with Crippen molar-refractivity contribution in [2.24, 2.45) is 0 Å². The van der Waals surface area contributed by atoms with Gasteiger partial charge in [0, 0.05) is 124 Å². The second kappa shape index (κ2) is 31.9. The van der Waals surface area contributed by atoms with Crippen LogP contribution in [0.4, 0.5) is 105 Å². The number of hydrogen-bond donors (Lipinski definition) is 0. The molecular formula is C90H68F24O6S8. The van der Waals surface area contributed by atoms with Gasteiger partial charge >= 0.3 is 71.1 Å². The van der Waals surface area contributed by atoms with Crippen molar-refractivity contribution in [3.05, 3.63) is 294 Å². The van der Waals surface area contributed by atoms with Crippen LogP contribution in [-0.2, 0) is 41.3 Å². The summed E-state index contributed by atoms with van der Waals surface area (Å²) in [5.74, 6) is -64.4. The summed E-state index contributed by atoms with van der Waals surface area (Å²) in [6.07, 6.45) is 3.15. The first kappa shape index (κ1) is 96.6. The van der Waals surface area contributed by atoms with Crippen molar-refractivity contribution in [3.63, 3.8) is 0 Å². The molecule has 4 aromatic heterocycles. The van der Waals surface area contributed by atoms with Crippen molar-refractivity contribution in [1.29, 1.82) is 0 Å². The van der Waals surface area contributed by atoms with Gasteiger partial charge in [0.15, 0.2) is 19.7 Å². The maximum atomic E-state index is 15.6. The van der Waals surface area contributed by atoms with E-state index in [0.29, 0.717) is 53.9 Å². The Kier molecular flexibility index (Phi) is 24.1. The van der Waals surface area contributed by atoms with Gasteiger partial charge in [-0.2, -0.15) is 105 Å². The lowest BCUT2D eigenvalue weighted by atomic mass is 9.90. The van der Waals surface area contributed by atoms with Crippen LogP contribution in [0.5, 0.6) is 0 Å². The molecule has 128 heavy (non-hydrogen) atoms. The van der Waals surface area contributed by atoms with Crippen molar-refractivity contribution in [3.8, 4) is 41.8 Å². The number of aryl methyl sites for hydroxylation is 4. The number of hydrogen-bond acceptors (Lipinski definition) is 10. The Hall–Kier alpha value is -8.92. The highest BCUT2D eigenvalue weighted by Gasteiger charge is 2.85. The summed E-state index contributed by atoms with van der Waals surface area (Å²) in [6, 6.07) is 37.9. The summed E-state index contributed by atoms with van der Waals surface area (Å²) in [4.78, 5) is 0.549. The topological polar surface area (TPSA) is 102 Å². The van der Waals surface area contributed by atoms with Crippen LogP contribution in [0, 0.1) is 41.5 Å². The van der Waals surface area contributed by atoms with Crippen LogP contribution < -0.4 is 0 Å². The van der Waals surface area contributed by atoms with Crippen molar-refractivity contribution in [1.82, 2.24) is 0 Å². The maximum absolute atomic E-state index is 15.6. The highest BCUT2D eigenvalue weighted by molar-refractivity contribution is 7.99. The van der Waals surface area contributed by atoms with Crippen molar-refractivity contribution >= 4 is 109 Å². The Morgan fingerprint density at radius 2 is 0.508 bits per heavy atom. The maximum Gasteiger partial charge on any atom is 0.380 e. The van der Waals surface area contributed by atoms with E-state index < -0.39 is 199 Å². The molecule has 0 N–H and O–H groups in total. The molecule has 0 bridgehead atoms. The lowest BCUT2D eigenvalue weighted by molar-refractivity contribution is -0.263. The van der Waals surface area contributed by atoms with E-state index in [9.17, 15) is 86.7 Å². The van der Waals surface area contributed by atoms with Crippen LogP contribution in [0.15, 0.2) is 242 Å². The second-order valence-electron chi connectivity index (χ2n) is 30.9. The predicted octanol–water partition coefficient (Wildman–Crippen LogP) is 29.3. The van der Waals surface area contributed by atoms with Crippen molar-refractivity contribution < 1.29 is 131 Å². The lowest BCUT2D eigenvalue weighted by Gasteiger charge is -2.26. The third-order valence-electron chi connectivity index (χ3n) is 23.2. The van der Waals surface area contributed by atoms with Crippen LogP contribution in [0.2, 0.25) is 0 Å². The Bertz CT molecular complexity index is 6380. The monoisotopic (exact) mass is 1960 g/mol. The van der Waals surface area contributed by atoms with Gasteiger partial charge in [-0.25, -0.2) is 25.3 Å². The molecule has 0 saturated heterocycles. The largest absolute Gasteiger partial charge is 0.380 e. The summed E-state index contributed by atoms with van der Waals surface area (Å²) in [5, 5.41) is 0. The third-order valence-corrected chi connectivity index (χ3v) is 34.8. The Labute approximate surface area is 738 Å². The Morgan fingerprint density at radius 1 is 0.273 bits per heavy atom. The summed E-state index contributed by atoms with van der Waals surface area (Å²) in [6.45, 7) is 17.7. The molecule has 38 heteroatoms. The molecule has 6 nitrogen and oxygen atoms in total. The first-order chi connectivity index (χ1) is 58.8. The quantitative estimate of drug-likeness (QED) is 0.113. The van der Waals surface area contributed by atoms with Crippen LogP contribution in [0.1, 0.15) is 108 Å². The van der Waals surface area contributed by atoms with Gasteiger partial charge in [0.25, 0.3) is 0 Å². The molecule has 4 aromatic carbocycles. The third kappa shape index (κ3) is 14.1. The fraction of sp³-hybridized carbons (Fsp3) is 0.289. The average Bonchev–Trinajstić information content (AvgIpc) is 1.54. The van der Waals surface area contributed by atoms with Gasteiger partial charge in [-0.15, -0.1) is 45.3 Å². The highest BCUT2D eigenvalue weighted by Crippen LogP contribution is 2.71. The van der Waals surface area contributed by atoms with Crippen molar-refractivity contribution in [2.75, 3.05) is 0 Å². The zero-order valence-electron chi connectivity index (χ0n) is 68.8. The van der Waals surface area contributed by atoms with Gasteiger partial charge in [0.05, 0.1) is 31.4 Å². The number of rotatable bonds is 12. The molecular weight excluding hydrogens is 1890 g/mol. The lowest BCUT2D eigenvalue weighted by Crippen LogP contribution is -2.49. The first-order valence-corrected chi connectivity index (χ1v) is 46.4. The fourth-order valence-corrected chi connectivity index (χ4v) is 25.3. The molecule has 0 fully saturated rings. The molecule has 0 radical (unpaired) electrons. The standard InChI is InChI=1S/C29H22F6S2.C27H18F6S2.C17H14F6O4S2.C17H14F6O2S2/c1-15-21(17(3)36-25(15)19-11-7-5-8-12-19)23-24(28(32,33)29(34,35)27(23,30)31)22-16(2)26(37-18(22)4)20-13-9-6-10-14-20;1-15-19(13-21(34-15)17-9-5-3-6-10-17)23-24(26(30,31)27(32,33)25(23,28)29)20-14-22(35-16(20)2)18-11-7-4-8-12-18;1-7-5-11(9(3)28(7,24)25)13-14(12-6-8(2)29(26,27)10(12)4)16(20,21)17(22,23)15(13,18)19;1-7-5-11(9(3)26(7)24)13-14(12-6-8(2)27(25)10(12)4)16(20,21)17(22,23)15(13,18)19/h5-14H,1-4H3;3-14H,1-2H3;5-6H,1-4H3;5-6H,1-4H3. The summed E-state index contributed by atoms with van der Waals surface area (Å²) in [7, 11) is -12.3. The number of sulfone groups is 2. The van der Waals surface area contributed by atoms with E-state index in [1.165, 1.54) is 81.4 Å². The number of halogens is 24. The summed E-state index contributed by atoms with van der Waals surface area (Å²) < 4.78 is 430. The molecule has 8 aromatic rings. The molecule has 2 unspecified atom stereocenters. The van der Waals surface area contributed by atoms with Crippen LogP contribution >= 0.6 is 45.3 Å². The van der Waals surface area contributed by atoms with Gasteiger partial charge in [-0.3, -0.25) is 0 Å². The van der Waals surface area contributed by atoms with E-state index in [-0.39, 0.29) is 72.5 Å². The Balaban J connectivity index is 0.000000147. The molecule has 2 atom stereocenters. The molecule has 0 saturated carbocycles. The van der Waals surface area contributed by atoms with Crippen LogP contribution in [0.3, 0.4) is 0 Å². The van der Waals surface area contributed by atoms with E-state index in [1.807, 2.05) is 0 Å². The number of alkyl halides is 24. The highest BCUT2D eigenvalue weighted by atomic mass is 32.2. The van der Waals surface area contributed by atoms with Crippen LogP contribution in [0.25, 0.3) is 64.1 Å². The van der Waals surface area contributed by atoms with E-state index >= 15 is 43.9 Å². The van der Waals surface area contributed by atoms with Crippen LogP contribution in [-0.4, -0.2) is 96.3 Å². The minimum Gasteiger partial charge on any atom is -0.250 e.